The topological polar surface area (TPSA) is 134 Å². The molecule has 0 unspecified atom stereocenters. The highest BCUT2D eigenvalue weighted by Crippen LogP contribution is 2.16. The molecule has 0 aliphatic carbocycles. The molecule has 2 aromatic heterocycles. The molecule has 0 saturated heterocycles. The summed E-state index contributed by atoms with van der Waals surface area (Å²) in [6.07, 6.45) is 3.55. The first-order valence-electron chi connectivity index (χ1n) is 10.5. The first-order valence-corrected chi connectivity index (χ1v) is 12.0. The zero-order valence-corrected chi connectivity index (χ0v) is 19.6. The van der Waals surface area contributed by atoms with Gasteiger partial charge in [0.25, 0.3) is 5.56 Å². The van der Waals surface area contributed by atoms with Crippen LogP contribution in [-0.4, -0.2) is 42.4 Å². The van der Waals surface area contributed by atoms with E-state index in [1.165, 1.54) is 0 Å². The molecule has 3 rings (SSSR count). The molecule has 0 saturated carbocycles. The molecule has 3 N–H and O–H groups in total. The summed E-state index contributed by atoms with van der Waals surface area (Å²) < 4.78 is 27.5. The van der Waals surface area contributed by atoms with Crippen LogP contribution in [0, 0.1) is 20.8 Å². The van der Waals surface area contributed by atoms with E-state index in [0.717, 1.165) is 11.1 Å². The van der Waals surface area contributed by atoms with Crippen molar-refractivity contribution >= 4 is 15.9 Å². The van der Waals surface area contributed by atoms with Crippen molar-refractivity contribution in [2.24, 2.45) is 0 Å². The largest absolute Gasteiger partial charge is 0.355 e. The zero-order chi connectivity index (χ0) is 24.0. The predicted octanol–water partition coefficient (Wildman–Crippen LogP) is 1.78. The lowest BCUT2D eigenvalue weighted by molar-refractivity contribution is -0.121. The Balaban J connectivity index is 1.51. The number of amides is 1. The van der Waals surface area contributed by atoms with Crippen LogP contribution in [0.4, 0.5) is 0 Å². The Morgan fingerprint density at radius 1 is 1.06 bits per heavy atom. The van der Waals surface area contributed by atoms with Gasteiger partial charge in [-0.15, -0.1) is 0 Å². The molecule has 174 valence electrons. The van der Waals surface area contributed by atoms with Gasteiger partial charge in [0.2, 0.25) is 15.9 Å². The van der Waals surface area contributed by atoms with E-state index in [1.54, 1.807) is 50.5 Å². The predicted molar refractivity (Wildman–Crippen MR) is 125 cm³/mol. The lowest BCUT2D eigenvalue weighted by Crippen LogP contribution is -2.35. The third kappa shape index (κ3) is 6.33. The number of benzene rings is 1. The van der Waals surface area contributed by atoms with Crippen LogP contribution < -0.4 is 15.6 Å². The number of hydrogen-bond donors (Lipinski definition) is 3. The minimum absolute atomic E-state index is 0.0588. The van der Waals surface area contributed by atoms with E-state index in [9.17, 15) is 18.0 Å². The van der Waals surface area contributed by atoms with Crippen molar-refractivity contribution in [2.75, 3.05) is 13.1 Å². The number of carbonyl (C=O) groups excluding carboxylic acids is 1. The van der Waals surface area contributed by atoms with Gasteiger partial charge in [-0.1, -0.05) is 12.1 Å². The molecule has 0 bridgehead atoms. The monoisotopic (exact) mass is 469 g/mol. The van der Waals surface area contributed by atoms with E-state index in [1.807, 2.05) is 13.0 Å². The van der Waals surface area contributed by atoms with Gasteiger partial charge in [0.15, 0.2) is 0 Å². The number of rotatable bonds is 9. The molecule has 1 amide bonds. The minimum atomic E-state index is -3.66. The first-order chi connectivity index (χ1) is 15.7. The number of nitrogens with zero attached hydrogens (tertiary/aromatic N) is 2. The lowest BCUT2D eigenvalue weighted by atomic mass is 10.1. The van der Waals surface area contributed by atoms with E-state index in [2.05, 4.69) is 25.0 Å². The quantitative estimate of drug-likeness (QED) is 0.409. The molecular formula is C23H27N5O4S. The highest BCUT2D eigenvalue weighted by molar-refractivity contribution is 7.89. The molecule has 0 radical (unpaired) electrons. The molecule has 0 aliphatic heterocycles. The average molecular weight is 470 g/mol. The molecule has 9 nitrogen and oxygen atoms in total. The van der Waals surface area contributed by atoms with Gasteiger partial charge in [0.05, 0.1) is 4.90 Å². The Kier molecular flexibility index (Phi) is 7.72. The van der Waals surface area contributed by atoms with Gasteiger partial charge in [0, 0.05) is 48.7 Å². The van der Waals surface area contributed by atoms with Gasteiger partial charge >= 0.3 is 0 Å². The number of aryl methyl sites for hydroxylation is 3. The smallest absolute Gasteiger partial charge is 0.254 e. The van der Waals surface area contributed by atoms with Gasteiger partial charge in [-0.2, -0.15) is 0 Å². The summed E-state index contributed by atoms with van der Waals surface area (Å²) in [7, 11) is -3.66. The normalized spacial score (nSPS) is 11.4. The number of sulfonamides is 1. The number of carbonyl (C=O) groups is 1. The van der Waals surface area contributed by atoms with Gasteiger partial charge in [0.1, 0.15) is 5.82 Å². The highest BCUT2D eigenvalue weighted by Gasteiger charge is 2.16. The van der Waals surface area contributed by atoms with Crippen molar-refractivity contribution in [2.45, 2.75) is 38.5 Å². The van der Waals surface area contributed by atoms with Crippen molar-refractivity contribution in [3.8, 4) is 11.4 Å². The van der Waals surface area contributed by atoms with Gasteiger partial charge < -0.3 is 10.3 Å². The number of nitrogens with one attached hydrogen (secondary N) is 3. The summed E-state index contributed by atoms with van der Waals surface area (Å²) >= 11 is 0. The fourth-order valence-electron chi connectivity index (χ4n) is 3.34. The Morgan fingerprint density at radius 2 is 1.79 bits per heavy atom. The highest BCUT2D eigenvalue weighted by atomic mass is 32.2. The van der Waals surface area contributed by atoms with E-state index < -0.39 is 10.0 Å². The number of pyridine rings is 1. The zero-order valence-electron chi connectivity index (χ0n) is 18.8. The fraction of sp³-hybridized carbons (Fsp3) is 0.304. The Hall–Kier alpha value is -3.37. The van der Waals surface area contributed by atoms with Gasteiger partial charge in [-0.3, -0.25) is 14.6 Å². The lowest BCUT2D eigenvalue weighted by Gasteiger charge is -2.11. The molecule has 2 heterocycles. The molecule has 0 fully saturated rings. The molecule has 10 heteroatoms. The first kappa shape index (κ1) is 24.3. The standard InChI is InChI=1S/C23H27N5O4S/c1-15-4-5-16(2)20(14-15)33(31,32)26-13-12-25-21(29)7-6-19-17(3)27-22(28-23(19)30)18-8-10-24-11-9-18/h4-5,8-11,14,26H,6-7,12-13H2,1-3H3,(H,25,29)(H,27,28,30). The van der Waals surface area contributed by atoms with E-state index >= 15 is 0 Å². The van der Waals surface area contributed by atoms with Crippen LogP contribution in [0.2, 0.25) is 0 Å². The van der Waals surface area contributed by atoms with Crippen molar-refractivity contribution in [1.82, 2.24) is 25.0 Å². The van der Waals surface area contributed by atoms with Crippen molar-refractivity contribution in [1.29, 1.82) is 0 Å². The second kappa shape index (κ2) is 10.5. The summed E-state index contributed by atoms with van der Waals surface area (Å²) in [5.74, 6) is 0.169. The second-order valence-electron chi connectivity index (χ2n) is 7.73. The maximum Gasteiger partial charge on any atom is 0.254 e. The fourth-order valence-corrected chi connectivity index (χ4v) is 4.70. The molecular weight excluding hydrogens is 442 g/mol. The third-order valence-electron chi connectivity index (χ3n) is 5.15. The summed E-state index contributed by atoms with van der Waals surface area (Å²) in [5, 5.41) is 2.67. The summed E-state index contributed by atoms with van der Waals surface area (Å²) in [4.78, 5) is 36.0. The Morgan fingerprint density at radius 3 is 2.48 bits per heavy atom. The number of aromatic amines is 1. The third-order valence-corrected chi connectivity index (χ3v) is 6.75. The van der Waals surface area contributed by atoms with Crippen LogP contribution in [0.3, 0.4) is 0 Å². The molecule has 3 aromatic rings. The summed E-state index contributed by atoms with van der Waals surface area (Å²) in [6, 6.07) is 8.72. The van der Waals surface area contributed by atoms with Crippen LogP contribution in [0.5, 0.6) is 0 Å². The van der Waals surface area contributed by atoms with Crippen LogP contribution in [-0.2, 0) is 21.2 Å². The summed E-state index contributed by atoms with van der Waals surface area (Å²) in [5.41, 5.74) is 2.96. The number of H-pyrrole nitrogens is 1. The van der Waals surface area contributed by atoms with E-state index in [0.29, 0.717) is 22.6 Å². The summed E-state index contributed by atoms with van der Waals surface area (Å²) in [6.45, 7) is 5.49. The second-order valence-corrected chi connectivity index (χ2v) is 9.47. The van der Waals surface area contributed by atoms with Crippen LogP contribution in [0.15, 0.2) is 52.4 Å². The molecule has 0 spiro atoms. The molecule has 0 atom stereocenters. The molecule has 33 heavy (non-hydrogen) atoms. The molecule has 0 aliphatic rings. The number of aromatic nitrogens is 3. The van der Waals surface area contributed by atoms with E-state index in [-0.39, 0.29) is 42.3 Å². The Bertz CT molecular complexity index is 1300. The van der Waals surface area contributed by atoms with Gasteiger partial charge in [-0.05, 0) is 56.5 Å². The average Bonchev–Trinajstić information content (AvgIpc) is 2.78. The van der Waals surface area contributed by atoms with Crippen molar-refractivity contribution in [3.63, 3.8) is 0 Å². The number of hydrogen-bond acceptors (Lipinski definition) is 6. The van der Waals surface area contributed by atoms with Crippen LogP contribution >= 0.6 is 0 Å². The van der Waals surface area contributed by atoms with Crippen molar-refractivity contribution in [3.05, 3.63) is 75.5 Å². The van der Waals surface area contributed by atoms with Crippen molar-refractivity contribution < 1.29 is 13.2 Å². The van der Waals surface area contributed by atoms with Crippen LogP contribution in [0.25, 0.3) is 11.4 Å². The maximum absolute atomic E-state index is 12.5. The van der Waals surface area contributed by atoms with E-state index in [4.69, 9.17) is 0 Å². The van der Waals surface area contributed by atoms with Crippen LogP contribution in [0.1, 0.15) is 28.8 Å². The Labute approximate surface area is 192 Å². The van der Waals surface area contributed by atoms with Gasteiger partial charge in [-0.25, -0.2) is 18.1 Å². The maximum atomic E-state index is 12.5. The molecule has 1 aromatic carbocycles. The minimum Gasteiger partial charge on any atom is -0.355 e. The SMILES string of the molecule is Cc1ccc(C)c(S(=O)(=O)NCCNC(=O)CCc2c(C)nc(-c3ccncc3)[nH]c2=O)c1.